The second-order valence-electron chi connectivity index (χ2n) is 8.06. The Balaban J connectivity index is 1.55. The summed E-state index contributed by atoms with van der Waals surface area (Å²) in [7, 11) is 0. The molecule has 1 saturated heterocycles. The Morgan fingerprint density at radius 2 is 2.03 bits per heavy atom. The number of hydrogen-bond donors (Lipinski definition) is 1. The number of rotatable bonds is 5. The number of aryl methyl sites for hydroxylation is 2. The number of allylic oxidation sites excluding steroid dienone is 1. The van der Waals surface area contributed by atoms with Gasteiger partial charge in [0.25, 0.3) is 5.91 Å². The molecular weight excluding hydrogens is 382 g/mol. The number of amides is 2. The molecule has 0 unspecified atom stereocenters. The SMILES string of the molecule is Cc1nc(C)c(C(=O)NC[C@@]23CCCC=C2N(Cc2ccccc2)C(=O)CC3)s1. The number of nitrogens with one attached hydrogen (secondary N) is 1. The minimum Gasteiger partial charge on any atom is -0.350 e. The fourth-order valence-corrected chi connectivity index (χ4v) is 5.40. The maximum absolute atomic E-state index is 12.8. The molecule has 0 saturated carbocycles. The van der Waals surface area contributed by atoms with Gasteiger partial charge in [-0.15, -0.1) is 11.3 Å². The summed E-state index contributed by atoms with van der Waals surface area (Å²) in [5, 5.41) is 4.07. The van der Waals surface area contributed by atoms with Gasteiger partial charge in [0, 0.05) is 24.1 Å². The maximum atomic E-state index is 12.8. The molecule has 6 heteroatoms. The summed E-state index contributed by atoms with van der Waals surface area (Å²) < 4.78 is 0. The van der Waals surface area contributed by atoms with Gasteiger partial charge in [0.1, 0.15) is 4.88 Å². The van der Waals surface area contributed by atoms with Crippen LogP contribution < -0.4 is 5.32 Å². The highest BCUT2D eigenvalue weighted by Gasteiger charge is 2.44. The van der Waals surface area contributed by atoms with E-state index >= 15 is 0 Å². The summed E-state index contributed by atoms with van der Waals surface area (Å²) in [6.45, 7) is 4.95. The van der Waals surface area contributed by atoms with E-state index in [4.69, 9.17) is 0 Å². The van der Waals surface area contributed by atoms with Gasteiger partial charge in [0.2, 0.25) is 5.91 Å². The average Bonchev–Trinajstić information content (AvgIpc) is 3.07. The number of fused-ring (bicyclic) bond motifs is 1. The lowest BCUT2D eigenvalue weighted by atomic mass is 9.69. The average molecular weight is 410 g/mol. The van der Waals surface area contributed by atoms with Crippen LogP contribution in [0.4, 0.5) is 0 Å². The van der Waals surface area contributed by atoms with Gasteiger partial charge in [-0.3, -0.25) is 9.59 Å². The molecule has 2 aromatic rings. The molecule has 29 heavy (non-hydrogen) atoms. The van der Waals surface area contributed by atoms with E-state index in [2.05, 4.69) is 28.5 Å². The summed E-state index contributed by atoms with van der Waals surface area (Å²) in [5.41, 5.74) is 2.85. The fraction of sp³-hybridized carbons (Fsp3) is 0.435. The number of benzene rings is 1. The number of carbonyl (C=O) groups is 2. The van der Waals surface area contributed by atoms with Crippen molar-refractivity contribution in [2.75, 3.05) is 6.54 Å². The Hall–Kier alpha value is -2.47. The number of likely N-dealkylation sites (tertiary alicyclic amines) is 1. The summed E-state index contributed by atoms with van der Waals surface area (Å²) >= 11 is 1.44. The molecule has 1 atom stereocenters. The van der Waals surface area contributed by atoms with E-state index < -0.39 is 0 Å². The van der Waals surface area contributed by atoms with Crippen LogP contribution in [0.5, 0.6) is 0 Å². The lowest BCUT2D eigenvalue weighted by molar-refractivity contribution is -0.134. The molecule has 4 rings (SSSR count). The molecule has 0 spiro atoms. The molecular formula is C23H27N3O2S. The van der Waals surface area contributed by atoms with Crippen LogP contribution in [0.2, 0.25) is 0 Å². The Kier molecular flexibility index (Phi) is 5.54. The Labute approximate surface area is 175 Å². The predicted octanol–water partition coefficient (Wildman–Crippen LogP) is 4.37. The van der Waals surface area contributed by atoms with E-state index in [1.165, 1.54) is 11.3 Å². The van der Waals surface area contributed by atoms with E-state index in [1.807, 2.05) is 36.9 Å². The van der Waals surface area contributed by atoms with Crippen molar-refractivity contribution in [1.82, 2.24) is 15.2 Å². The van der Waals surface area contributed by atoms with Crippen molar-refractivity contribution >= 4 is 23.2 Å². The van der Waals surface area contributed by atoms with Crippen LogP contribution in [0.1, 0.15) is 58.0 Å². The first-order chi connectivity index (χ1) is 14.0. The fourth-order valence-electron chi connectivity index (χ4n) is 4.57. The van der Waals surface area contributed by atoms with Crippen LogP contribution in [0.15, 0.2) is 42.1 Å². The zero-order valence-corrected chi connectivity index (χ0v) is 17.8. The maximum Gasteiger partial charge on any atom is 0.263 e. The number of carbonyl (C=O) groups excluding carboxylic acids is 2. The standard InChI is InChI=1S/C23H27N3O2S/c1-16-21(29-17(2)25-16)22(28)24-15-23-12-7-6-10-19(23)26(20(27)11-13-23)14-18-8-4-3-5-9-18/h3-5,8-10H,6-7,11-15H2,1-2H3,(H,24,28)/t23-/m0/s1. The molecule has 1 aromatic heterocycles. The molecule has 2 amide bonds. The normalized spacial score (nSPS) is 21.5. The van der Waals surface area contributed by atoms with Crippen molar-refractivity contribution < 1.29 is 9.59 Å². The van der Waals surface area contributed by atoms with E-state index in [0.717, 1.165) is 47.6 Å². The third-order valence-electron chi connectivity index (χ3n) is 6.03. The van der Waals surface area contributed by atoms with Crippen LogP contribution in [0.3, 0.4) is 0 Å². The Morgan fingerprint density at radius 3 is 2.76 bits per heavy atom. The smallest absolute Gasteiger partial charge is 0.263 e. The molecule has 1 aromatic carbocycles. The number of piperidine rings is 1. The summed E-state index contributed by atoms with van der Waals surface area (Å²) in [5.74, 6) is 0.122. The first-order valence-electron chi connectivity index (χ1n) is 10.3. The number of hydrogen-bond acceptors (Lipinski definition) is 4. The predicted molar refractivity (Wildman–Crippen MR) is 115 cm³/mol. The lowest BCUT2D eigenvalue weighted by Gasteiger charge is -2.47. The number of thiazole rings is 1. The highest BCUT2D eigenvalue weighted by molar-refractivity contribution is 7.13. The van der Waals surface area contributed by atoms with Crippen LogP contribution in [-0.4, -0.2) is 28.2 Å². The van der Waals surface area contributed by atoms with Crippen molar-refractivity contribution in [2.45, 2.75) is 52.5 Å². The highest BCUT2D eigenvalue weighted by atomic mass is 32.1. The third-order valence-corrected chi connectivity index (χ3v) is 7.10. The molecule has 152 valence electrons. The molecule has 1 aliphatic heterocycles. The van der Waals surface area contributed by atoms with E-state index in [1.54, 1.807) is 0 Å². The first kappa shape index (κ1) is 19.8. The molecule has 0 radical (unpaired) electrons. The van der Waals surface area contributed by atoms with Gasteiger partial charge in [0.15, 0.2) is 0 Å². The number of nitrogens with zero attached hydrogens (tertiary/aromatic N) is 2. The van der Waals surface area contributed by atoms with Crippen molar-refractivity contribution in [2.24, 2.45) is 5.41 Å². The minimum absolute atomic E-state index is 0.0566. The largest absolute Gasteiger partial charge is 0.350 e. The lowest BCUT2D eigenvalue weighted by Crippen LogP contribution is -2.50. The summed E-state index contributed by atoms with van der Waals surface area (Å²) in [6.07, 6.45) is 6.61. The molecule has 5 nitrogen and oxygen atoms in total. The second-order valence-corrected chi connectivity index (χ2v) is 9.26. The molecule has 2 heterocycles. The van der Waals surface area contributed by atoms with Crippen molar-refractivity contribution in [3.8, 4) is 0 Å². The Morgan fingerprint density at radius 1 is 1.24 bits per heavy atom. The van der Waals surface area contributed by atoms with E-state index in [9.17, 15) is 9.59 Å². The molecule has 1 N–H and O–H groups in total. The monoisotopic (exact) mass is 409 g/mol. The third kappa shape index (κ3) is 3.99. The van der Waals surface area contributed by atoms with Gasteiger partial charge in [-0.05, 0) is 45.1 Å². The molecule has 1 fully saturated rings. The highest BCUT2D eigenvalue weighted by Crippen LogP contribution is 2.46. The quantitative estimate of drug-likeness (QED) is 0.798. The van der Waals surface area contributed by atoms with Crippen LogP contribution in [0.25, 0.3) is 0 Å². The van der Waals surface area contributed by atoms with Crippen LogP contribution >= 0.6 is 11.3 Å². The molecule has 1 aliphatic carbocycles. The topological polar surface area (TPSA) is 62.3 Å². The van der Waals surface area contributed by atoms with Gasteiger partial charge >= 0.3 is 0 Å². The van der Waals surface area contributed by atoms with Gasteiger partial charge in [0.05, 0.1) is 17.2 Å². The van der Waals surface area contributed by atoms with Crippen LogP contribution in [0, 0.1) is 19.3 Å². The van der Waals surface area contributed by atoms with E-state index in [-0.39, 0.29) is 17.2 Å². The molecule has 0 bridgehead atoms. The summed E-state index contributed by atoms with van der Waals surface area (Å²) in [4.78, 5) is 32.6. The summed E-state index contributed by atoms with van der Waals surface area (Å²) in [6, 6.07) is 10.1. The number of aromatic nitrogens is 1. The van der Waals surface area contributed by atoms with Crippen molar-refractivity contribution in [3.63, 3.8) is 0 Å². The second kappa shape index (κ2) is 8.11. The van der Waals surface area contributed by atoms with Crippen molar-refractivity contribution in [3.05, 3.63) is 63.2 Å². The minimum atomic E-state index is -0.162. The Bertz CT molecular complexity index is 950. The van der Waals surface area contributed by atoms with Gasteiger partial charge in [-0.1, -0.05) is 36.4 Å². The van der Waals surface area contributed by atoms with Crippen LogP contribution in [-0.2, 0) is 11.3 Å². The first-order valence-corrected chi connectivity index (χ1v) is 11.1. The van der Waals surface area contributed by atoms with Crippen molar-refractivity contribution in [1.29, 1.82) is 0 Å². The van der Waals surface area contributed by atoms with Gasteiger partial charge in [-0.2, -0.15) is 0 Å². The molecule has 2 aliphatic rings. The zero-order chi connectivity index (χ0) is 20.4. The van der Waals surface area contributed by atoms with E-state index in [0.29, 0.717) is 24.4 Å². The zero-order valence-electron chi connectivity index (χ0n) is 17.0. The van der Waals surface area contributed by atoms with Gasteiger partial charge < -0.3 is 10.2 Å². The van der Waals surface area contributed by atoms with Gasteiger partial charge in [-0.25, -0.2) is 4.98 Å².